The van der Waals surface area contributed by atoms with E-state index in [2.05, 4.69) is 15.5 Å². The Morgan fingerprint density at radius 3 is 2.95 bits per heavy atom. The molecule has 0 aliphatic carbocycles. The van der Waals surface area contributed by atoms with Gasteiger partial charge in [-0.1, -0.05) is 5.16 Å². The van der Waals surface area contributed by atoms with Crippen molar-refractivity contribution < 1.29 is 13.7 Å². The maximum Gasteiger partial charge on any atom is 0.252 e. The summed E-state index contributed by atoms with van der Waals surface area (Å²) >= 11 is 0. The molecule has 0 unspecified atom stereocenters. The minimum Gasteiger partial charge on any atom is -0.367 e. The smallest absolute Gasteiger partial charge is 0.252 e. The van der Waals surface area contributed by atoms with E-state index in [1.165, 1.54) is 12.1 Å². The van der Waals surface area contributed by atoms with E-state index in [0.717, 1.165) is 25.1 Å². The third-order valence-electron chi connectivity index (χ3n) is 3.03. The Hall–Kier alpha value is -1.79. The van der Waals surface area contributed by atoms with Crippen molar-refractivity contribution in [3.63, 3.8) is 0 Å². The van der Waals surface area contributed by atoms with E-state index in [4.69, 9.17) is 9.26 Å². The minimum atomic E-state index is -0.287. The Morgan fingerprint density at radius 1 is 1.37 bits per heavy atom. The Morgan fingerprint density at radius 2 is 2.21 bits per heavy atom. The van der Waals surface area contributed by atoms with Gasteiger partial charge in [0, 0.05) is 12.1 Å². The van der Waals surface area contributed by atoms with Crippen LogP contribution in [-0.4, -0.2) is 29.3 Å². The van der Waals surface area contributed by atoms with Crippen LogP contribution in [0, 0.1) is 5.82 Å². The maximum atomic E-state index is 12.8. The Bertz CT molecular complexity index is 535. The van der Waals surface area contributed by atoms with Crippen LogP contribution in [-0.2, 0) is 11.3 Å². The van der Waals surface area contributed by atoms with Gasteiger partial charge in [0.05, 0.1) is 6.10 Å². The highest BCUT2D eigenvalue weighted by Crippen LogP contribution is 2.17. The molecule has 6 heteroatoms. The molecular weight excluding hydrogens is 249 g/mol. The number of hydrogen-bond donors (Lipinski definition) is 1. The normalized spacial score (nSPS) is 18.9. The molecule has 1 aromatic heterocycles. The molecule has 3 rings (SSSR count). The van der Waals surface area contributed by atoms with Crippen molar-refractivity contribution in [1.82, 2.24) is 15.5 Å². The van der Waals surface area contributed by atoms with Gasteiger partial charge in [0.1, 0.15) is 12.4 Å². The zero-order valence-corrected chi connectivity index (χ0v) is 10.3. The third-order valence-corrected chi connectivity index (χ3v) is 3.03. The molecular formula is C13H14FN3O2. The Balaban J connectivity index is 1.63. The average Bonchev–Trinajstić information content (AvgIpc) is 3.09. The van der Waals surface area contributed by atoms with Crippen LogP contribution in [0.3, 0.4) is 0 Å². The van der Waals surface area contributed by atoms with E-state index < -0.39 is 0 Å². The second-order valence-corrected chi connectivity index (χ2v) is 4.44. The Kier molecular flexibility index (Phi) is 3.52. The summed E-state index contributed by atoms with van der Waals surface area (Å²) in [6, 6.07) is 5.97. The number of halogens is 1. The molecule has 1 aliphatic rings. The van der Waals surface area contributed by atoms with E-state index in [9.17, 15) is 4.39 Å². The van der Waals surface area contributed by atoms with Gasteiger partial charge in [0.25, 0.3) is 5.89 Å². The van der Waals surface area contributed by atoms with Crippen LogP contribution in [0.25, 0.3) is 11.4 Å². The molecule has 2 heterocycles. The summed E-state index contributed by atoms with van der Waals surface area (Å²) in [5.74, 6) is 0.596. The van der Waals surface area contributed by atoms with Gasteiger partial charge in [0.2, 0.25) is 5.82 Å². The first-order valence-corrected chi connectivity index (χ1v) is 6.22. The summed E-state index contributed by atoms with van der Waals surface area (Å²) in [6.07, 6.45) is 1.21. The van der Waals surface area contributed by atoms with Gasteiger partial charge in [-0.15, -0.1) is 0 Å². The van der Waals surface area contributed by atoms with Gasteiger partial charge >= 0.3 is 0 Å². The molecule has 1 fully saturated rings. The number of hydrogen-bond acceptors (Lipinski definition) is 5. The fourth-order valence-electron chi connectivity index (χ4n) is 1.99. The zero-order valence-electron chi connectivity index (χ0n) is 10.3. The fourth-order valence-corrected chi connectivity index (χ4v) is 1.99. The standard InChI is InChI=1S/C13H14FN3O2/c14-10-3-1-9(2-4-10)13-16-12(19-17-13)8-18-11-5-6-15-7-11/h1-4,11,15H,5-8H2/t11-/m1/s1. The van der Waals surface area contributed by atoms with Crippen LogP contribution in [0.15, 0.2) is 28.8 Å². The Labute approximate surface area is 109 Å². The lowest BCUT2D eigenvalue weighted by Crippen LogP contribution is -2.16. The molecule has 0 radical (unpaired) electrons. The number of nitrogens with zero attached hydrogens (tertiary/aromatic N) is 2. The maximum absolute atomic E-state index is 12.8. The highest BCUT2D eigenvalue weighted by atomic mass is 19.1. The van der Waals surface area contributed by atoms with Crippen molar-refractivity contribution in [3.05, 3.63) is 36.0 Å². The van der Waals surface area contributed by atoms with Gasteiger partial charge in [0.15, 0.2) is 0 Å². The van der Waals surface area contributed by atoms with Gasteiger partial charge < -0.3 is 14.6 Å². The van der Waals surface area contributed by atoms with E-state index in [1.807, 2.05) is 0 Å². The summed E-state index contributed by atoms with van der Waals surface area (Å²) in [7, 11) is 0. The first-order chi connectivity index (χ1) is 9.31. The third kappa shape index (κ3) is 2.97. The largest absolute Gasteiger partial charge is 0.367 e. The molecule has 1 atom stereocenters. The van der Waals surface area contributed by atoms with Crippen LogP contribution in [0.5, 0.6) is 0 Å². The lowest BCUT2D eigenvalue weighted by molar-refractivity contribution is 0.0383. The number of benzene rings is 1. The first kappa shape index (κ1) is 12.3. The second-order valence-electron chi connectivity index (χ2n) is 4.44. The molecule has 5 nitrogen and oxygen atoms in total. The zero-order chi connectivity index (χ0) is 13.1. The lowest BCUT2D eigenvalue weighted by Gasteiger charge is -2.06. The van der Waals surface area contributed by atoms with Crippen molar-refractivity contribution >= 4 is 0 Å². The lowest BCUT2D eigenvalue weighted by atomic mass is 10.2. The van der Waals surface area contributed by atoms with Gasteiger partial charge in [-0.25, -0.2) is 4.39 Å². The molecule has 1 aromatic carbocycles. The van der Waals surface area contributed by atoms with Crippen molar-refractivity contribution in [2.45, 2.75) is 19.1 Å². The predicted molar refractivity (Wildman–Crippen MR) is 65.8 cm³/mol. The summed E-state index contributed by atoms with van der Waals surface area (Å²) in [6.45, 7) is 2.15. The van der Waals surface area contributed by atoms with Crippen molar-refractivity contribution in [2.75, 3.05) is 13.1 Å². The minimum absolute atomic E-state index is 0.209. The van der Waals surface area contributed by atoms with Crippen LogP contribution in [0.2, 0.25) is 0 Å². The summed E-state index contributed by atoms with van der Waals surface area (Å²) < 4.78 is 23.6. The van der Waals surface area contributed by atoms with E-state index in [0.29, 0.717) is 18.3 Å². The highest BCUT2D eigenvalue weighted by Gasteiger charge is 2.16. The number of ether oxygens (including phenoxy) is 1. The fraction of sp³-hybridized carbons (Fsp3) is 0.385. The van der Waals surface area contributed by atoms with Gasteiger partial charge in [-0.3, -0.25) is 0 Å². The molecule has 0 amide bonds. The van der Waals surface area contributed by atoms with Crippen LogP contribution in [0.4, 0.5) is 4.39 Å². The number of rotatable bonds is 4. The quantitative estimate of drug-likeness (QED) is 0.910. The predicted octanol–water partition coefficient (Wildman–Crippen LogP) is 1.75. The van der Waals surface area contributed by atoms with Gasteiger partial charge in [-0.2, -0.15) is 4.98 Å². The molecule has 1 N–H and O–H groups in total. The number of nitrogens with one attached hydrogen (secondary N) is 1. The first-order valence-electron chi connectivity index (χ1n) is 6.22. The monoisotopic (exact) mass is 263 g/mol. The topological polar surface area (TPSA) is 60.2 Å². The number of aromatic nitrogens is 2. The van der Waals surface area contributed by atoms with Crippen molar-refractivity contribution in [2.24, 2.45) is 0 Å². The summed E-state index contributed by atoms with van der Waals surface area (Å²) in [5.41, 5.74) is 0.721. The van der Waals surface area contributed by atoms with Crippen LogP contribution in [0.1, 0.15) is 12.3 Å². The van der Waals surface area contributed by atoms with Crippen molar-refractivity contribution in [3.8, 4) is 11.4 Å². The van der Waals surface area contributed by atoms with Crippen molar-refractivity contribution in [1.29, 1.82) is 0 Å². The highest BCUT2D eigenvalue weighted by molar-refractivity contribution is 5.53. The molecule has 0 bridgehead atoms. The van der Waals surface area contributed by atoms with E-state index in [1.54, 1.807) is 12.1 Å². The van der Waals surface area contributed by atoms with Gasteiger partial charge in [-0.05, 0) is 37.2 Å². The molecule has 0 saturated carbocycles. The SMILES string of the molecule is Fc1ccc(-c2noc(CO[C@@H]3CCNC3)n2)cc1. The molecule has 1 saturated heterocycles. The summed E-state index contributed by atoms with van der Waals surface area (Å²) in [5, 5.41) is 7.07. The van der Waals surface area contributed by atoms with Crippen LogP contribution < -0.4 is 5.32 Å². The van der Waals surface area contributed by atoms with E-state index in [-0.39, 0.29) is 11.9 Å². The second kappa shape index (κ2) is 5.46. The molecule has 0 spiro atoms. The van der Waals surface area contributed by atoms with Crippen LogP contribution >= 0.6 is 0 Å². The summed E-state index contributed by atoms with van der Waals surface area (Å²) in [4.78, 5) is 4.23. The molecule has 1 aliphatic heterocycles. The molecule has 100 valence electrons. The average molecular weight is 263 g/mol. The van der Waals surface area contributed by atoms with E-state index >= 15 is 0 Å². The molecule has 19 heavy (non-hydrogen) atoms. The molecule has 2 aromatic rings.